The van der Waals surface area contributed by atoms with Crippen LogP contribution in [0.5, 0.6) is 0 Å². The quantitative estimate of drug-likeness (QED) is 0.535. The van der Waals surface area contributed by atoms with E-state index in [0.29, 0.717) is 11.4 Å². The first-order valence-electron chi connectivity index (χ1n) is 9.27. The molecule has 2 heterocycles. The first-order chi connectivity index (χ1) is 13.6. The predicted octanol–water partition coefficient (Wildman–Crippen LogP) is -0.0798. The molecule has 29 heavy (non-hydrogen) atoms. The Labute approximate surface area is 167 Å². The molecule has 5 N–H and O–H groups in total. The lowest BCUT2D eigenvalue weighted by Crippen LogP contribution is -2.53. The van der Waals surface area contributed by atoms with Gasteiger partial charge in [0.15, 0.2) is 5.60 Å². The second kappa shape index (κ2) is 7.41. The number of para-hydroxylation sites is 1. The van der Waals surface area contributed by atoms with Crippen molar-refractivity contribution in [1.82, 2.24) is 15.3 Å². The van der Waals surface area contributed by atoms with Crippen molar-refractivity contribution in [3.63, 3.8) is 0 Å². The number of hydrogen-bond donors (Lipinski definition) is 4. The molecule has 1 aliphatic rings. The van der Waals surface area contributed by atoms with E-state index >= 15 is 0 Å². The van der Waals surface area contributed by atoms with E-state index in [4.69, 9.17) is 5.73 Å². The Hall–Kier alpha value is -3.04. The van der Waals surface area contributed by atoms with Crippen LogP contribution in [0.4, 0.5) is 5.69 Å². The van der Waals surface area contributed by atoms with Crippen LogP contribution in [0.15, 0.2) is 35.1 Å². The van der Waals surface area contributed by atoms with Gasteiger partial charge in [-0.2, -0.15) is 0 Å². The molecule has 1 atom stereocenters. The van der Waals surface area contributed by atoms with E-state index in [-0.39, 0.29) is 36.9 Å². The van der Waals surface area contributed by atoms with E-state index in [0.717, 1.165) is 5.56 Å². The molecule has 0 spiro atoms. The number of aliphatic hydroxyl groups is 1. The highest BCUT2D eigenvalue weighted by Gasteiger charge is 2.46. The molecule has 9 heteroatoms. The number of aromatic nitrogens is 2. The lowest BCUT2D eigenvalue weighted by molar-refractivity contribution is -0.138. The summed E-state index contributed by atoms with van der Waals surface area (Å²) < 4.78 is 0. The van der Waals surface area contributed by atoms with Gasteiger partial charge in [-0.1, -0.05) is 18.2 Å². The zero-order valence-electron chi connectivity index (χ0n) is 16.7. The summed E-state index contributed by atoms with van der Waals surface area (Å²) in [6.45, 7) is 4.77. The summed E-state index contributed by atoms with van der Waals surface area (Å²) in [7, 11) is 0. The van der Waals surface area contributed by atoms with Gasteiger partial charge in [0.05, 0.1) is 24.2 Å². The summed E-state index contributed by atoms with van der Waals surface area (Å²) in [6.07, 6.45) is 0. The highest BCUT2D eigenvalue weighted by Crippen LogP contribution is 2.41. The average Bonchev–Trinajstić information content (AvgIpc) is 2.86. The number of benzene rings is 1. The minimum absolute atomic E-state index is 0.0892. The van der Waals surface area contributed by atoms with E-state index in [1.54, 1.807) is 6.07 Å². The van der Waals surface area contributed by atoms with Crippen LogP contribution in [0.1, 0.15) is 37.9 Å². The SMILES string of the molecule is CC(O)(CN1C(=O)C(C)(C)c2ccccc21)C(=O)NCc1nc(CN)cc(=O)[nH]1. The predicted molar refractivity (Wildman–Crippen MR) is 107 cm³/mol. The van der Waals surface area contributed by atoms with Crippen molar-refractivity contribution in [3.8, 4) is 0 Å². The standard InChI is InChI=1S/C20H25N5O4/c1-19(2)13-6-4-5-7-14(13)25(18(19)28)11-20(3,29)17(27)22-10-15-23-12(9-21)8-16(26)24-15/h4-8,29H,9-11,21H2,1-3H3,(H,22,27)(H,23,24,26). The number of anilines is 1. The third kappa shape index (κ3) is 3.92. The zero-order valence-corrected chi connectivity index (χ0v) is 16.7. The van der Waals surface area contributed by atoms with Crippen LogP contribution in [-0.4, -0.2) is 39.0 Å². The summed E-state index contributed by atoms with van der Waals surface area (Å²) in [6, 6.07) is 8.60. The van der Waals surface area contributed by atoms with E-state index in [1.165, 1.54) is 17.9 Å². The number of amides is 2. The van der Waals surface area contributed by atoms with Crippen LogP contribution >= 0.6 is 0 Å². The van der Waals surface area contributed by atoms with Gasteiger partial charge in [-0.05, 0) is 32.4 Å². The first-order valence-corrected chi connectivity index (χ1v) is 9.27. The molecule has 0 saturated heterocycles. The third-order valence-corrected chi connectivity index (χ3v) is 5.07. The van der Waals surface area contributed by atoms with Crippen LogP contribution < -0.4 is 21.5 Å². The third-order valence-electron chi connectivity index (χ3n) is 5.07. The Balaban J connectivity index is 1.74. The molecule has 1 unspecified atom stereocenters. The Morgan fingerprint density at radius 2 is 2.03 bits per heavy atom. The molecule has 2 amide bonds. The molecule has 2 aromatic rings. The number of β-amino-alcohol motifs (C(OH)–C–C–N with tert-alkyl or cyclic N) is 1. The van der Waals surface area contributed by atoms with Gasteiger partial charge in [0, 0.05) is 18.3 Å². The van der Waals surface area contributed by atoms with Crippen molar-refractivity contribution in [2.45, 2.75) is 44.9 Å². The normalized spacial score (nSPS) is 17.0. The molecular weight excluding hydrogens is 374 g/mol. The fourth-order valence-corrected chi connectivity index (χ4v) is 3.44. The molecule has 154 valence electrons. The summed E-state index contributed by atoms with van der Waals surface area (Å²) in [5.74, 6) is -0.646. The second-order valence-electron chi connectivity index (χ2n) is 7.88. The van der Waals surface area contributed by atoms with Crippen molar-refractivity contribution in [2.75, 3.05) is 11.4 Å². The number of nitrogens with one attached hydrogen (secondary N) is 2. The molecule has 0 aliphatic carbocycles. The minimum atomic E-state index is -1.85. The molecule has 1 aromatic carbocycles. The van der Waals surface area contributed by atoms with Gasteiger partial charge >= 0.3 is 0 Å². The molecule has 1 aromatic heterocycles. The second-order valence-corrected chi connectivity index (χ2v) is 7.88. The maximum atomic E-state index is 12.9. The number of rotatable bonds is 6. The largest absolute Gasteiger partial charge is 0.378 e. The Kier molecular flexibility index (Phi) is 5.29. The maximum Gasteiger partial charge on any atom is 0.253 e. The number of H-pyrrole nitrogens is 1. The Morgan fingerprint density at radius 3 is 2.72 bits per heavy atom. The number of carbonyl (C=O) groups excluding carboxylic acids is 2. The molecule has 0 bridgehead atoms. The molecule has 0 saturated carbocycles. The monoisotopic (exact) mass is 399 g/mol. The molecule has 0 fully saturated rings. The summed E-state index contributed by atoms with van der Waals surface area (Å²) in [5, 5.41) is 13.3. The van der Waals surface area contributed by atoms with Crippen molar-refractivity contribution < 1.29 is 14.7 Å². The van der Waals surface area contributed by atoms with Crippen LogP contribution in [-0.2, 0) is 28.1 Å². The lowest BCUT2D eigenvalue weighted by atomic mass is 9.86. The van der Waals surface area contributed by atoms with Gasteiger partial charge in [-0.3, -0.25) is 14.4 Å². The van der Waals surface area contributed by atoms with Gasteiger partial charge in [-0.15, -0.1) is 0 Å². The summed E-state index contributed by atoms with van der Waals surface area (Å²) in [4.78, 5) is 45.2. The summed E-state index contributed by atoms with van der Waals surface area (Å²) >= 11 is 0. The molecule has 0 radical (unpaired) electrons. The fraction of sp³-hybridized carbons (Fsp3) is 0.400. The van der Waals surface area contributed by atoms with Crippen LogP contribution in [0.2, 0.25) is 0 Å². The van der Waals surface area contributed by atoms with Crippen molar-refractivity contribution in [1.29, 1.82) is 0 Å². The topological polar surface area (TPSA) is 141 Å². The number of carbonyl (C=O) groups is 2. The van der Waals surface area contributed by atoms with Crippen LogP contribution in [0.25, 0.3) is 0 Å². The number of nitrogens with two attached hydrogens (primary N) is 1. The number of nitrogens with zero attached hydrogens (tertiary/aromatic N) is 2. The van der Waals surface area contributed by atoms with Gasteiger partial charge in [0.1, 0.15) is 5.82 Å². The average molecular weight is 399 g/mol. The van der Waals surface area contributed by atoms with Crippen molar-refractivity contribution >= 4 is 17.5 Å². The van der Waals surface area contributed by atoms with E-state index in [1.807, 2.05) is 32.0 Å². The van der Waals surface area contributed by atoms with Gasteiger partial charge < -0.3 is 26.0 Å². The highest BCUT2D eigenvalue weighted by molar-refractivity contribution is 6.08. The van der Waals surface area contributed by atoms with Crippen LogP contribution in [0.3, 0.4) is 0 Å². The first kappa shape index (κ1) is 20.7. The lowest BCUT2D eigenvalue weighted by Gasteiger charge is -2.29. The molecule has 3 rings (SSSR count). The number of hydrogen-bond acceptors (Lipinski definition) is 6. The van der Waals surface area contributed by atoms with Crippen molar-refractivity contribution in [3.05, 3.63) is 57.8 Å². The van der Waals surface area contributed by atoms with Gasteiger partial charge in [0.25, 0.3) is 11.5 Å². The highest BCUT2D eigenvalue weighted by atomic mass is 16.3. The molecule has 1 aliphatic heterocycles. The van der Waals surface area contributed by atoms with E-state index < -0.39 is 16.9 Å². The zero-order chi connectivity index (χ0) is 21.4. The van der Waals surface area contributed by atoms with E-state index in [2.05, 4.69) is 15.3 Å². The smallest absolute Gasteiger partial charge is 0.253 e. The molecule has 9 nitrogen and oxygen atoms in total. The Bertz CT molecular complexity index is 1010. The fourth-order valence-electron chi connectivity index (χ4n) is 3.44. The van der Waals surface area contributed by atoms with Crippen LogP contribution in [0, 0.1) is 0 Å². The number of aromatic amines is 1. The van der Waals surface area contributed by atoms with Crippen molar-refractivity contribution in [2.24, 2.45) is 5.73 Å². The maximum absolute atomic E-state index is 12.9. The molecular formula is C20H25N5O4. The van der Waals surface area contributed by atoms with Gasteiger partial charge in [-0.25, -0.2) is 4.98 Å². The van der Waals surface area contributed by atoms with Gasteiger partial charge in [0.2, 0.25) is 5.91 Å². The summed E-state index contributed by atoms with van der Waals surface area (Å²) in [5.41, 5.74) is 4.45. The Morgan fingerprint density at radius 1 is 1.34 bits per heavy atom. The number of fused-ring (bicyclic) bond motifs is 1. The minimum Gasteiger partial charge on any atom is -0.378 e. The van der Waals surface area contributed by atoms with E-state index in [9.17, 15) is 19.5 Å².